The SMILES string of the molecule is COc1cc2c(cc1OCCCCCOc1cc3c(cc1OC)C(=O)N1CC4(CC4)C[C@H]1C(O)N3C)N=C[C@@H]1CC3(CC3)CN1C2=O. The van der Waals surface area contributed by atoms with Crippen LogP contribution in [-0.4, -0.2) is 98.8 Å². The van der Waals surface area contributed by atoms with Crippen molar-refractivity contribution in [3.63, 3.8) is 0 Å². The summed E-state index contributed by atoms with van der Waals surface area (Å²) in [6.45, 7) is 2.46. The molecule has 1 unspecified atom stereocenters. The quantitative estimate of drug-likeness (QED) is 0.367. The highest BCUT2D eigenvalue weighted by molar-refractivity contribution is 6.04. The van der Waals surface area contributed by atoms with E-state index in [1.165, 1.54) is 12.8 Å². The summed E-state index contributed by atoms with van der Waals surface area (Å²) in [5.74, 6) is 2.13. The zero-order chi connectivity index (χ0) is 32.5. The Bertz CT molecular complexity index is 1630. The normalized spacial score (nSPS) is 25.6. The van der Waals surface area contributed by atoms with E-state index in [0.717, 1.165) is 51.5 Å². The molecule has 2 aromatic rings. The van der Waals surface area contributed by atoms with E-state index in [1.54, 1.807) is 31.3 Å². The minimum absolute atomic E-state index is 0.0171. The number of nitrogens with zero attached hydrogens (tertiary/aromatic N) is 4. The largest absolute Gasteiger partial charge is 0.493 e. The monoisotopic (exact) mass is 644 g/mol. The number of ether oxygens (including phenoxy) is 4. The lowest BCUT2D eigenvalue weighted by Gasteiger charge is -2.31. The molecule has 6 aliphatic rings. The Kier molecular flexibility index (Phi) is 7.31. The number of aliphatic hydroxyl groups excluding tert-OH is 1. The van der Waals surface area contributed by atoms with E-state index in [9.17, 15) is 14.7 Å². The van der Waals surface area contributed by atoms with Gasteiger partial charge in [-0.25, -0.2) is 0 Å². The molecule has 11 nitrogen and oxygen atoms in total. The summed E-state index contributed by atoms with van der Waals surface area (Å²) in [4.78, 5) is 37.4. The number of carbonyl (C=O) groups excluding carboxylic acids is 2. The lowest BCUT2D eigenvalue weighted by atomic mass is 10.0. The Hall–Kier alpha value is -3.99. The summed E-state index contributed by atoms with van der Waals surface area (Å²) in [6.07, 6.45) is 10.1. The van der Waals surface area contributed by atoms with Gasteiger partial charge in [-0.3, -0.25) is 14.6 Å². The van der Waals surface area contributed by atoms with Crippen molar-refractivity contribution in [3.8, 4) is 23.0 Å². The highest BCUT2D eigenvalue weighted by Gasteiger charge is 2.57. The molecule has 2 saturated heterocycles. The average molecular weight is 645 g/mol. The summed E-state index contributed by atoms with van der Waals surface area (Å²) in [6, 6.07) is 7.00. The molecule has 4 fully saturated rings. The van der Waals surface area contributed by atoms with Crippen LogP contribution in [0.4, 0.5) is 11.4 Å². The van der Waals surface area contributed by atoms with Crippen LogP contribution in [0.1, 0.15) is 78.5 Å². The van der Waals surface area contributed by atoms with Crippen LogP contribution < -0.4 is 23.8 Å². The number of methoxy groups -OCH3 is 2. The fraction of sp³-hybridized carbons (Fsp3) is 0.583. The molecule has 11 heteroatoms. The van der Waals surface area contributed by atoms with Crippen molar-refractivity contribution >= 4 is 29.4 Å². The molecule has 0 bridgehead atoms. The number of anilines is 1. The first-order valence-corrected chi connectivity index (χ1v) is 17.0. The maximum absolute atomic E-state index is 13.6. The van der Waals surface area contributed by atoms with Crippen LogP contribution in [0.15, 0.2) is 29.3 Å². The van der Waals surface area contributed by atoms with Crippen LogP contribution >= 0.6 is 0 Å². The van der Waals surface area contributed by atoms with Crippen LogP contribution in [0, 0.1) is 10.8 Å². The predicted molar refractivity (Wildman–Crippen MR) is 176 cm³/mol. The van der Waals surface area contributed by atoms with Crippen molar-refractivity contribution in [2.75, 3.05) is 52.5 Å². The predicted octanol–water partition coefficient (Wildman–Crippen LogP) is 4.81. The van der Waals surface area contributed by atoms with E-state index >= 15 is 0 Å². The van der Waals surface area contributed by atoms with Gasteiger partial charge >= 0.3 is 0 Å². The van der Waals surface area contributed by atoms with Gasteiger partial charge in [0.2, 0.25) is 0 Å². The number of aliphatic imine (C=N–C) groups is 1. The highest BCUT2D eigenvalue weighted by Crippen LogP contribution is 2.57. The Labute approximate surface area is 275 Å². The lowest BCUT2D eigenvalue weighted by molar-refractivity contribution is 0.0526. The Morgan fingerprint density at radius 1 is 0.787 bits per heavy atom. The van der Waals surface area contributed by atoms with E-state index in [2.05, 4.69) is 0 Å². The maximum atomic E-state index is 13.6. The van der Waals surface area contributed by atoms with Gasteiger partial charge in [-0.2, -0.15) is 0 Å². The summed E-state index contributed by atoms with van der Waals surface area (Å²) in [7, 11) is 5.00. The summed E-state index contributed by atoms with van der Waals surface area (Å²) >= 11 is 0. The van der Waals surface area contributed by atoms with Crippen molar-refractivity contribution in [2.24, 2.45) is 15.8 Å². The third kappa shape index (κ3) is 5.27. The average Bonchev–Trinajstić information content (AvgIpc) is 3.96. The Balaban J connectivity index is 0.864. The zero-order valence-corrected chi connectivity index (χ0v) is 27.5. The Morgan fingerprint density at radius 2 is 1.38 bits per heavy atom. The smallest absolute Gasteiger partial charge is 0.256 e. The number of likely N-dealkylation sites (N-methyl/N-ethyl adjacent to an activating group) is 1. The zero-order valence-electron chi connectivity index (χ0n) is 27.5. The minimum atomic E-state index is -0.779. The number of rotatable bonds is 10. The van der Waals surface area contributed by atoms with Crippen LogP contribution in [-0.2, 0) is 0 Å². The van der Waals surface area contributed by atoms with Gasteiger partial charge in [-0.05, 0) is 80.8 Å². The topological polar surface area (TPSA) is 113 Å². The van der Waals surface area contributed by atoms with Gasteiger partial charge in [0.1, 0.15) is 6.23 Å². The molecule has 3 atom stereocenters. The highest BCUT2D eigenvalue weighted by atomic mass is 16.5. The van der Waals surface area contributed by atoms with Crippen LogP contribution in [0.3, 0.4) is 0 Å². The van der Waals surface area contributed by atoms with Gasteiger partial charge in [0.25, 0.3) is 11.8 Å². The van der Waals surface area contributed by atoms with Crippen LogP contribution in [0.25, 0.3) is 0 Å². The van der Waals surface area contributed by atoms with Crippen LogP contribution in [0.5, 0.6) is 23.0 Å². The molecule has 47 heavy (non-hydrogen) atoms. The first kappa shape index (κ1) is 30.4. The third-order valence-electron chi connectivity index (χ3n) is 11.4. The molecule has 8 rings (SSSR count). The van der Waals surface area contributed by atoms with Crippen molar-refractivity contribution in [1.82, 2.24) is 9.80 Å². The van der Waals surface area contributed by atoms with Gasteiger partial charge in [0, 0.05) is 38.5 Å². The van der Waals surface area contributed by atoms with Crippen molar-refractivity contribution in [3.05, 3.63) is 35.4 Å². The number of benzene rings is 2. The number of hydrogen-bond donors (Lipinski definition) is 1. The molecule has 250 valence electrons. The maximum Gasteiger partial charge on any atom is 0.256 e. The molecular formula is C36H44N4O7. The van der Waals surface area contributed by atoms with Gasteiger partial charge < -0.3 is 38.8 Å². The standard InChI is InChI=1S/C36H44N4O7/c1-38-26-16-31(29(45-3)14-24(26)33(42)40-21-36(9-10-36)18-27(40)34(38)43)47-12-6-4-5-11-46-30-15-25-23(13-28(30)44-2)32(41)39-20-35(7-8-35)17-22(39)19-37-25/h13-16,19,22,27,34,43H,4-12,17-18,20-21H2,1-3H3/t22-,27-,34?/m0/s1. The second kappa shape index (κ2) is 11.3. The van der Waals surface area contributed by atoms with Crippen molar-refractivity contribution < 1.29 is 33.6 Å². The molecular weight excluding hydrogens is 600 g/mol. The second-order valence-electron chi connectivity index (χ2n) is 14.5. The molecule has 1 N–H and O–H groups in total. The van der Waals surface area contributed by atoms with Crippen LogP contribution in [0.2, 0.25) is 0 Å². The molecule has 2 saturated carbocycles. The Morgan fingerprint density at radius 3 is 2.04 bits per heavy atom. The number of hydrogen-bond acceptors (Lipinski definition) is 9. The molecule has 0 aromatic heterocycles. The van der Waals surface area contributed by atoms with E-state index in [0.29, 0.717) is 70.7 Å². The fourth-order valence-corrected chi connectivity index (χ4v) is 8.12. The molecule has 2 amide bonds. The second-order valence-corrected chi connectivity index (χ2v) is 14.5. The van der Waals surface area contributed by atoms with Gasteiger partial charge in [0.05, 0.1) is 62.0 Å². The molecule has 2 aromatic carbocycles. The summed E-state index contributed by atoms with van der Waals surface area (Å²) < 4.78 is 23.5. The number of fused-ring (bicyclic) bond motifs is 4. The first-order valence-electron chi connectivity index (χ1n) is 17.0. The minimum Gasteiger partial charge on any atom is -0.493 e. The molecule has 2 spiro atoms. The lowest BCUT2D eigenvalue weighted by Crippen LogP contribution is -2.47. The molecule has 0 radical (unpaired) electrons. The summed E-state index contributed by atoms with van der Waals surface area (Å²) in [5, 5.41) is 11.2. The van der Waals surface area contributed by atoms with Crippen molar-refractivity contribution in [1.29, 1.82) is 0 Å². The molecule has 4 aliphatic heterocycles. The summed E-state index contributed by atoms with van der Waals surface area (Å²) in [5.41, 5.74) is 2.87. The van der Waals surface area contributed by atoms with Gasteiger partial charge in [-0.1, -0.05) is 0 Å². The van der Waals surface area contributed by atoms with Gasteiger partial charge in [0.15, 0.2) is 23.0 Å². The third-order valence-corrected chi connectivity index (χ3v) is 11.4. The van der Waals surface area contributed by atoms with Gasteiger partial charge in [-0.15, -0.1) is 0 Å². The van der Waals surface area contributed by atoms with E-state index in [1.807, 2.05) is 35.2 Å². The first-order chi connectivity index (χ1) is 22.7. The number of carbonyl (C=O) groups is 2. The number of amides is 2. The molecule has 2 aliphatic carbocycles. The van der Waals surface area contributed by atoms with E-state index in [4.69, 9.17) is 23.9 Å². The fourth-order valence-electron chi connectivity index (χ4n) is 8.12. The van der Waals surface area contributed by atoms with E-state index in [-0.39, 0.29) is 29.3 Å². The van der Waals surface area contributed by atoms with Crippen molar-refractivity contribution in [2.45, 2.75) is 76.1 Å². The molecule has 4 heterocycles. The number of aliphatic hydroxyl groups is 1. The van der Waals surface area contributed by atoms with E-state index < -0.39 is 6.23 Å². The number of unbranched alkanes of at least 4 members (excludes halogenated alkanes) is 2.